The van der Waals surface area contributed by atoms with Crippen LogP contribution in [0.1, 0.15) is 65.9 Å². The van der Waals surface area contributed by atoms with E-state index >= 15 is 0 Å². The number of carbonyl (C=O) groups is 4. The Morgan fingerprint density at radius 3 is 2.07 bits per heavy atom. The Hall–Kier alpha value is -2.50. The lowest BCUT2D eigenvalue weighted by Gasteiger charge is -2.12. The van der Waals surface area contributed by atoms with Gasteiger partial charge < -0.3 is 10.1 Å². The summed E-state index contributed by atoms with van der Waals surface area (Å²) < 4.78 is 5.17. The van der Waals surface area contributed by atoms with Crippen molar-refractivity contribution in [1.82, 2.24) is 0 Å². The predicted molar refractivity (Wildman–Crippen MR) is 112 cm³/mol. The van der Waals surface area contributed by atoms with Crippen molar-refractivity contribution in [2.75, 3.05) is 5.32 Å². The van der Waals surface area contributed by atoms with Crippen LogP contribution in [0.4, 0.5) is 5.69 Å². The SMILES string of the molecule is CC(C)C(=O)CCCC(=O)C[C@@H](C)C(=O)Nc1ccc(COC(=O)C(C)C)cc1. The number of anilines is 1. The van der Waals surface area contributed by atoms with Crippen LogP contribution in [0, 0.1) is 17.8 Å². The first-order valence-corrected chi connectivity index (χ1v) is 10.2. The van der Waals surface area contributed by atoms with Crippen LogP contribution in [0.25, 0.3) is 0 Å². The van der Waals surface area contributed by atoms with Crippen LogP contribution >= 0.6 is 0 Å². The molecule has 160 valence electrons. The maximum absolute atomic E-state index is 12.3. The van der Waals surface area contributed by atoms with Gasteiger partial charge in [-0.25, -0.2) is 0 Å². The summed E-state index contributed by atoms with van der Waals surface area (Å²) in [7, 11) is 0. The summed E-state index contributed by atoms with van der Waals surface area (Å²) in [6, 6.07) is 7.04. The number of ether oxygens (including phenoxy) is 1. The molecule has 1 aromatic rings. The molecule has 0 aliphatic heterocycles. The molecule has 6 nitrogen and oxygen atoms in total. The lowest BCUT2D eigenvalue weighted by molar-refractivity contribution is -0.148. The fourth-order valence-corrected chi connectivity index (χ4v) is 2.56. The molecule has 6 heteroatoms. The number of hydrogen-bond acceptors (Lipinski definition) is 5. The van der Waals surface area contributed by atoms with Crippen molar-refractivity contribution in [2.45, 2.75) is 66.9 Å². The third kappa shape index (κ3) is 9.50. The van der Waals surface area contributed by atoms with Gasteiger partial charge in [0.1, 0.15) is 18.2 Å². The zero-order chi connectivity index (χ0) is 22.0. The van der Waals surface area contributed by atoms with Crippen LogP contribution in [0.15, 0.2) is 24.3 Å². The van der Waals surface area contributed by atoms with E-state index in [-0.39, 0.29) is 48.3 Å². The van der Waals surface area contributed by atoms with Crippen molar-refractivity contribution >= 4 is 29.1 Å². The first kappa shape index (κ1) is 24.5. The van der Waals surface area contributed by atoms with E-state index in [1.807, 2.05) is 13.8 Å². The van der Waals surface area contributed by atoms with E-state index in [4.69, 9.17) is 4.74 Å². The highest BCUT2D eigenvalue weighted by Crippen LogP contribution is 2.15. The van der Waals surface area contributed by atoms with Crippen LogP contribution in [-0.4, -0.2) is 23.4 Å². The maximum atomic E-state index is 12.3. The number of hydrogen-bond donors (Lipinski definition) is 1. The van der Waals surface area contributed by atoms with Gasteiger partial charge in [0.05, 0.1) is 5.92 Å². The van der Waals surface area contributed by atoms with Crippen LogP contribution in [-0.2, 0) is 30.5 Å². The Morgan fingerprint density at radius 1 is 0.897 bits per heavy atom. The van der Waals surface area contributed by atoms with Crippen LogP contribution < -0.4 is 5.32 Å². The van der Waals surface area contributed by atoms with Gasteiger partial charge in [-0.05, 0) is 24.1 Å². The highest BCUT2D eigenvalue weighted by atomic mass is 16.5. The lowest BCUT2D eigenvalue weighted by Crippen LogP contribution is -2.23. The number of carbonyl (C=O) groups excluding carboxylic acids is 4. The molecular formula is C23H33NO5. The molecule has 0 unspecified atom stereocenters. The maximum Gasteiger partial charge on any atom is 0.308 e. The fourth-order valence-electron chi connectivity index (χ4n) is 2.56. The van der Waals surface area contributed by atoms with Gasteiger partial charge in [0, 0.05) is 36.8 Å². The number of esters is 1. The molecule has 0 aliphatic rings. The molecule has 1 rings (SSSR count). The second kappa shape index (κ2) is 12.1. The van der Waals surface area contributed by atoms with Crippen LogP contribution in [0.2, 0.25) is 0 Å². The van der Waals surface area contributed by atoms with Crippen molar-refractivity contribution in [3.8, 4) is 0 Å². The Balaban J connectivity index is 2.41. The van der Waals surface area contributed by atoms with E-state index in [0.29, 0.717) is 24.9 Å². The first-order chi connectivity index (χ1) is 13.6. The van der Waals surface area contributed by atoms with Crippen molar-refractivity contribution in [2.24, 2.45) is 17.8 Å². The summed E-state index contributed by atoms with van der Waals surface area (Å²) in [6.07, 6.45) is 1.42. The molecule has 1 aromatic carbocycles. The summed E-state index contributed by atoms with van der Waals surface area (Å²) in [5.74, 6) is -0.963. The third-order valence-electron chi connectivity index (χ3n) is 4.58. The quantitative estimate of drug-likeness (QED) is 0.525. The largest absolute Gasteiger partial charge is 0.461 e. The fraction of sp³-hybridized carbons (Fsp3) is 0.565. The molecule has 0 radical (unpaired) electrons. The Bertz CT molecular complexity index is 706. The molecule has 0 fully saturated rings. The molecular weight excluding hydrogens is 370 g/mol. The minimum atomic E-state index is -0.449. The summed E-state index contributed by atoms with van der Waals surface area (Å²) >= 11 is 0. The number of amides is 1. The molecule has 0 aliphatic carbocycles. The van der Waals surface area contributed by atoms with Crippen molar-refractivity contribution in [3.63, 3.8) is 0 Å². The summed E-state index contributed by atoms with van der Waals surface area (Å²) in [4.78, 5) is 47.4. The minimum absolute atomic E-state index is 0.00785. The number of rotatable bonds is 12. The van der Waals surface area contributed by atoms with Crippen LogP contribution in [0.3, 0.4) is 0 Å². The highest BCUT2D eigenvalue weighted by Gasteiger charge is 2.18. The number of benzene rings is 1. The molecule has 0 bridgehead atoms. The van der Waals surface area contributed by atoms with Gasteiger partial charge >= 0.3 is 5.97 Å². The molecule has 1 N–H and O–H groups in total. The summed E-state index contributed by atoms with van der Waals surface area (Å²) in [5, 5.41) is 2.79. The van der Waals surface area contributed by atoms with Crippen molar-refractivity contribution in [1.29, 1.82) is 0 Å². The van der Waals surface area contributed by atoms with Gasteiger partial charge in [-0.3, -0.25) is 19.2 Å². The van der Waals surface area contributed by atoms with E-state index in [1.165, 1.54) is 0 Å². The molecule has 0 saturated heterocycles. The van der Waals surface area contributed by atoms with Crippen LogP contribution in [0.5, 0.6) is 0 Å². The summed E-state index contributed by atoms with van der Waals surface area (Å²) in [6.45, 7) is 9.15. The van der Waals surface area contributed by atoms with Gasteiger partial charge in [0.15, 0.2) is 0 Å². The molecule has 1 amide bonds. The van der Waals surface area contributed by atoms with Gasteiger partial charge in [-0.1, -0.05) is 46.8 Å². The average molecular weight is 404 g/mol. The second-order valence-corrected chi connectivity index (χ2v) is 8.07. The van der Waals surface area contributed by atoms with Gasteiger partial charge in [0.25, 0.3) is 0 Å². The van der Waals surface area contributed by atoms with Gasteiger partial charge in [0.2, 0.25) is 5.91 Å². The normalized spacial score (nSPS) is 12.0. The Morgan fingerprint density at radius 2 is 1.52 bits per heavy atom. The second-order valence-electron chi connectivity index (χ2n) is 8.07. The Labute approximate surface area is 173 Å². The monoisotopic (exact) mass is 403 g/mol. The standard InChI is InChI=1S/C23H33NO5/c1-15(2)21(26)8-6-7-20(25)13-17(5)22(27)24-19-11-9-18(10-12-19)14-29-23(28)16(3)4/h9-12,15-17H,6-8,13-14H2,1-5H3,(H,24,27)/t17-/m1/s1. The third-order valence-corrected chi connectivity index (χ3v) is 4.58. The molecule has 0 spiro atoms. The van der Waals surface area contributed by atoms with Gasteiger partial charge in [-0.15, -0.1) is 0 Å². The molecule has 0 aromatic heterocycles. The highest BCUT2D eigenvalue weighted by molar-refractivity contribution is 5.95. The smallest absolute Gasteiger partial charge is 0.308 e. The number of ketones is 2. The summed E-state index contributed by atoms with van der Waals surface area (Å²) in [5.41, 5.74) is 1.45. The van der Waals surface area contributed by atoms with E-state index in [2.05, 4.69) is 5.32 Å². The Kier molecular flexibility index (Phi) is 10.3. The zero-order valence-electron chi connectivity index (χ0n) is 18.1. The average Bonchev–Trinajstić information content (AvgIpc) is 2.66. The minimum Gasteiger partial charge on any atom is -0.461 e. The van der Waals surface area contributed by atoms with Crippen molar-refractivity contribution < 1.29 is 23.9 Å². The first-order valence-electron chi connectivity index (χ1n) is 10.2. The van der Waals surface area contributed by atoms with Crippen molar-refractivity contribution in [3.05, 3.63) is 29.8 Å². The zero-order valence-corrected chi connectivity index (χ0v) is 18.1. The molecule has 0 saturated carbocycles. The lowest BCUT2D eigenvalue weighted by atomic mass is 9.98. The topological polar surface area (TPSA) is 89.5 Å². The van der Waals surface area contributed by atoms with E-state index in [0.717, 1.165) is 5.56 Å². The predicted octanol–water partition coefficient (Wildman–Crippen LogP) is 4.32. The molecule has 29 heavy (non-hydrogen) atoms. The molecule has 0 heterocycles. The molecule has 1 atom stereocenters. The van der Waals surface area contributed by atoms with E-state index in [9.17, 15) is 19.2 Å². The number of Topliss-reactive ketones (excluding diaryl/α,β-unsaturated/α-hetero) is 2. The van der Waals surface area contributed by atoms with Gasteiger partial charge in [-0.2, -0.15) is 0 Å². The number of nitrogens with one attached hydrogen (secondary N) is 1. The van der Waals surface area contributed by atoms with E-state index in [1.54, 1.807) is 45.0 Å². The van der Waals surface area contributed by atoms with E-state index < -0.39 is 5.92 Å².